The van der Waals surface area contributed by atoms with Gasteiger partial charge in [0.15, 0.2) is 6.10 Å². The van der Waals surface area contributed by atoms with Gasteiger partial charge in [0.25, 0.3) is 0 Å². The van der Waals surface area contributed by atoms with Crippen LogP contribution in [0.5, 0.6) is 0 Å². The molecule has 0 fully saturated rings. The van der Waals surface area contributed by atoms with Gasteiger partial charge in [-0.05, 0) is 6.42 Å². The van der Waals surface area contributed by atoms with E-state index in [1.54, 1.807) is 0 Å². The predicted octanol–water partition coefficient (Wildman–Crippen LogP) is 2.90. The molecule has 0 radical (unpaired) electrons. The van der Waals surface area contributed by atoms with E-state index in [9.17, 15) is 19.5 Å². The number of rotatable bonds is 19. The highest BCUT2D eigenvalue weighted by Gasteiger charge is 2.27. The Morgan fingerprint density at radius 2 is 1.37 bits per heavy atom. The lowest BCUT2D eigenvalue weighted by Crippen LogP contribution is -2.33. The van der Waals surface area contributed by atoms with Crippen molar-refractivity contribution in [3.63, 3.8) is 0 Å². The highest BCUT2D eigenvalue weighted by Crippen LogP contribution is 2.12. The minimum atomic E-state index is -1.56. The van der Waals surface area contributed by atoms with Crippen LogP contribution in [-0.2, 0) is 28.9 Å². The molecule has 9 nitrogen and oxygen atoms in total. The second-order valence-corrected chi connectivity index (χ2v) is 7.40. The van der Waals surface area contributed by atoms with Crippen LogP contribution in [0.3, 0.4) is 0 Å². The van der Waals surface area contributed by atoms with Crippen LogP contribution < -0.4 is 0 Å². The number of aliphatic hydroxyl groups excluding tert-OH is 2. The van der Waals surface area contributed by atoms with Crippen molar-refractivity contribution < 1.29 is 44.2 Å². The molecule has 0 aromatic heterocycles. The summed E-state index contributed by atoms with van der Waals surface area (Å²) in [6.45, 7) is 1.14. The third kappa shape index (κ3) is 17.2. The first-order valence-corrected chi connectivity index (χ1v) is 10.9. The molecule has 0 aromatic carbocycles. The highest BCUT2D eigenvalue weighted by atomic mass is 17.2. The molecule has 0 saturated heterocycles. The van der Waals surface area contributed by atoms with Gasteiger partial charge in [0.2, 0.25) is 0 Å². The van der Waals surface area contributed by atoms with Crippen LogP contribution in [0.1, 0.15) is 90.4 Å². The van der Waals surface area contributed by atoms with E-state index in [1.807, 2.05) is 0 Å². The van der Waals surface area contributed by atoms with Crippen molar-refractivity contribution in [2.24, 2.45) is 0 Å². The summed E-state index contributed by atoms with van der Waals surface area (Å²) in [5, 5.41) is 26.7. The minimum absolute atomic E-state index is 0.0952. The molecule has 0 saturated carbocycles. The topological polar surface area (TPSA) is 140 Å². The maximum Gasteiger partial charge on any atom is 0.384 e. The van der Waals surface area contributed by atoms with Gasteiger partial charge in [-0.2, -0.15) is 0 Å². The molecule has 176 valence electrons. The summed E-state index contributed by atoms with van der Waals surface area (Å²) < 4.78 is 4.92. The molecule has 0 amide bonds. The van der Waals surface area contributed by atoms with Gasteiger partial charge in [-0.25, -0.2) is 19.4 Å². The highest BCUT2D eigenvalue weighted by molar-refractivity contribution is 5.81. The molecule has 0 spiro atoms. The molecule has 0 bridgehead atoms. The smallest absolute Gasteiger partial charge is 0.384 e. The fourth-order valence-electron chi connectivity index (χ4n) is 2.77. The zero-order valence-corrected chi connectivity index (χ0v) is 18.1. The Bertz CT molecular complexity index is 467. The fraction of sp³-hybridized carbons (Fsp3) is 0.857. The van der Waals surface area contributed by atoms with Crippen molar-refractivity contribution >= 4 is 17.9 Å². The van der Waals surface area contributed by atoms with Gasteiger partial charge < -0.3 is 20.1 Å². The van der Waals surface area contributed by atoms with Crippen LogP contribution in [-0.4, -0.2) is 58.6 Å². The van der Waals surface area contributed by atoms with Crippen LogP contribution in [0.4, 0.5) is 0 Å². The molecule has 2 atom stereocenters. The van der Waals surface area contributed by atoms with Gasteiger partial charge in [0.1, 0.15) is 6.10 Å². The summed E-state index contributed by atoms with van der Waals surface area (Å²) in [5.41, 5.74) is 0. The van der Waals surface area contributed by atoms with Crippen molar-refractivity contribution in [3.8, 4) is 0 Å². The molecule has 0 aromatic rings. The van der Waals surface area contributed by atoms with Crippen molar-refractivity contribution in [2.75, 3.05) is 13.2 Å². The Hall–Kier alpha value is -1.71. The third-order valence-corrected chi connectivity index (χ3v) is 4.52. The number of hydrogen-bond acceptors (Lipinski definition) is 8. The molecule has 0 aliphatic rings. The number of aliphatic hydroxyl groups is 2. The zero-order valence-electron chi connectivity index (χ0n) is 18.1. The fourth-order valence-corrected chi connectivity index (χ4v) is 2.77. The third-order valence-electron chi connectivity index (χ3n) is 4.52. The number of carbonyl (C=O) groups is 3. The van der Waals surface area contributed by atoms with Crippen LogP contribution in [0, 0.1) is 0 Å². The Morgan fingerprint density at radius 3 is 1.87 bits per heavy atom. The molecule has 30 heavy (non-hydrogen) atoms. The maximum atomic E-state index is 11.8. The minimum Gasteiger partial charge on any atom is -0.481 e. The predicted molar refractivity (Wildman–Crippen MR) is 108 cm³/mol. The summed E-state index contributed by atoms with van der Waals surface area (Å²) in [6, 6.07) is 0. The quantitative estimate of drug-likeness (QED) is 0.159. The molecule has 0 heterocycles. The molecule has 0 aliphatic heterocycles. The van der Waals surface area contributed by atoms with E-state index in [-0.39, 0.29) is 6.42 Å². The van der Waals surface area contributed by atoms with Crippen LogP contribution >= 0.6 is 0 Å². The van der Waals surface area contributed by atoms with Gasteiger partial charge in [0.05, 0.1) is 26.1 Å². The number of carbonyl (C=O) groups excluding carboxylic acids is 2. The van der Waals surface area contributed by atoms with E-state index in [4.69, 9.17) is 14.9 Å². The lowest BCUT2D eigenvalue weighted by molar-refractivity contribution is -0.266. The summed E-state index contributed by atoms with van der Waals surface area (Å²) in [7, 11) is 0. The SMILES string of the molecule is CCCCCCCCCCCCCC(=O)OOC(=O)C(CC(=O)O)OCC(O)CO. The summed E-state index contributed by atoms with van der Waals surface area (Å²) in [6.07, 6.45) is 9.11. The van der Waals surface area contributed by atoms with Crippen LogP contribution in [0.15, 0.2) is 0 Å². The van der Waals surface area contributed by atoms with Gasteiger partial charge in [-0.15, -0.1) is 0 Å². The maximum absolute atomic E-state index is 11.8. The van der Waals surface area contributed by atoms with E-state index in [1.165, 1.54) is 44.9 Å². The molecular formula is C21H38O9. The summed E-state index contributed by atoms with van der Waals surface area (Å²) >= 11 is 0. The second-order valence-electron chi connectivity index (χ2n) is 7.40. The number of carboxylic acids is 1. The van der Waals surface area contributed by atoms with Crippen LogP contribution in [0.25, 0.3) is 0 Å². The van der Waals surface area contributed by atoms with E-state index >= 15 is 0 Å². The van der Waals surface area contributed by atoms with Gasteiger partial charge in [-0.3, -0.25) is 4.79 Å². The normalized spacial score (nSPS) is 12.9. The van der Waals surface area contributed by atoms with Crippen molar-refractivity contribution in [1.82, 2.24) is 0 Å². The Labute approximate surface area is 178 Å². The van der Waals surface area contributed by atoms with E-state index in [2.05, 4.69) is 16.7 Å². The number of unbranched alkanes of at least 4 members (excludes halogenated alkanes) is 10. The van der Waals surface area contributed by atoms with Gasteiger partial charge in [-0.1, -0.05) is 71.1 Å². The molecule has 0 rings (SSSR count). The standard InChI is InChI=1S/C21H38O9/c1-2-3-4-5-6-7-8-9-10-11-12-13-20(26)29-30-21(27)18(14-19(24)25)28-16-17(23)15-22/h17-18,22-23H,2-16H2,1H3,(H,24,25). The largest absolute Gasteiger partial charge is 0.481 e. The van der Waals surface area contributed by atoms with Gasteiger partial charge in [0, 0.05) is 0 Å². The number of aliphatic carboxylic acids is 1. The summed E-state index contributed by atoms with van der Waals surface area (Å²) in [5.74, 6) is -3.23. The first-order valence-electron chi connectivity index (χ1n) is 10.9. The Balaban J connectivity index is 3.83. The van der Waals surface area contributed by atoms with Crippen LogP contribution in [0.2, 0.25) is 0 Å². The number of hydrogen-bond donors (Lipinski definition) is 3. The lowest BCUT2D eigenvalue weighted by Gasteiger charge is -2.15. The first kappa shape index (κ1) is 28.3. The Kier molecular flexibility index (Phi) is 18.2. The molecule has 9 heteroatoms. The van der Waals surface area contributed by atoms with E-state index in [0.717, 1.165) is 19.3 Å². The van der Waals surface area contributed by atoms with E-state index in [0.29, 0.717) is 6.42 Å². The Morgan fingerprint density at radius 1 is 0.833 bits per heavy atom. The molecular weight excluding hydrogens is 396 g/mol. The molecule has 2 unspecified atom stereocenters. The molecule has 0 aliphatic carbocycles. The number of carboxylic acid groups (broad SMARTS) is 1. The number of ether oxygens (including phenoxy) is 1. The monoisotopic (exact) mass is 434 g/mol. The van der Waals surface area contributed by atoms with Crippen molar-refractivity contribution in [2.45, 2.75) is 103 Å². The van der Waals surface area contributed by atoms with E-state index < -0.39 is 49.8 Å². The average molecular weight is 435 g/mol. The van der Waals surface area contributed by atoms with Crippen molar-refractivity contribution in [1.29, 1.82) is 0 Å². The molecule has 3 N–H and O–H groups in total. The average Bonchev–Trinajstić information content (AvgIpc) is 2.72. The second kappa shape index (κ2) is 19.3. The lowest BCUT2D eigenvalue weighted by atomic mass is 10.1. The zero-order chi connectivity index (χ0) is 22.6. The van der Waals surface area contributed by atoms with Gasteiger partial charge >= 0.3 is 17.9 Å². The van der Waals surface area contributed by atoms with Crippen molar-refractivity contribution in [3.05, 3.63) is 0 Å². The first-order chi connectivity index (χ1) is 14.4. The summed E-state index contributed by atoms with van der Waals surface area (Å²) in [4.78, 5) is 43.0.